The molecular formula is C27H29N7O4. The number of aromatic hydroxyl groups is 1. The van der Waals surface area contributed by atoms with Gasteiger partial charge in [-0.3, -0.25) is 0 Å². The molecule has 0 spiro atoms. The van der Waals surface area contributed by atoms with Gasteiger partial charge in [0.2, 0.25) is 5.82 Å². The molecule has 0 saturated carbocycles. The molecule has 11 nitrogen and oxygen atoms in total. The number of amides is 2. The number of carbonyl (C=O) groups excluding carboxylic acids is 1. The predicted molar refractivity (Wildman–Crippen MR) is 141 cm³/mol. The number of benzene rings is 3. The van der Waals surface area contributed by atoms with E-state index in [0.717, 1.165) is 22.3 Å². The fraction of sp³-hybridized carbons (Fsp3) is 0.222. The van der Waals surface area contributed by atoms with Crippen molar-refractivity contribution in [1.82, 2.24) is 30.8 Å². The highest BCUT2D eigenvalue weighted by molar-refractivity contribution is 5.83. The first kappa shape index (κ1) is 26.3. The van der Waals surface area contributed by atoms with Crippen LogP contribution in [0.15, 0.2) is 72.8 Å². The van der Waals surface area contributed by atoms with Gasteiger partial charge < -0.3 is 26.2 Å². The molecule has 0 fully saturated rings. The fourth-order valence-electron chi connectivity index (χ4n) is 4.06. The van der Waals surface area contributed by atoms with E-state index in [1.54, 1.807) is 17.0 Å². The molecule has 1 aromatic heterocycles. The number of carbonyl (C=O) groups is 2. The van der Waals surface area contributed by atoms with Gasteiger partial charge in [-0.2, -0.15) is 5.21 Å². The minimum atomic E-state index is -1.14. The second-order valence-corrected chi connectivity index (χ2v) is 8.75. The Balaban J connectivity index is 1.48. The summed E-state index contributed by atoms with van der Waals surface area (Å²) in [6.45, 7) is 1.05. The van der Waals surface area contributed by atoms with Crippen molar-refractivity contribution >= 4 is 12.0 Å². The van der Waals surface area contributed by atoms with Gasteiger partial charge in [-0.1, -0.05) is 60.7 Å². The first-order chi connectivity index (χ1) is 18.4. The molecule has 1 heterocycles. The number of rotatable bonds is 11. The lowest BCUT2D eigenvalue weighted by molar-refractivity contribution is -0.139. The number of aromatic nitrogens is 4. The van der Waals surface area contributed by atoms with Gasteiger partial charge in [-0.15, -0.1) is 10.2 Å². The van der Waals surface area contributed by atoms with Crippen molar-refractivity contribution in [2.75, 3.05) is 13.1 Å². The van der Waals surface area contributed by atoms with E-state index < -0.39 is 18.0 Å². The largest absolute Gasteiger partial charge is 0.508 e. The Morgan fingerprint density at radius 3 is 2.29 bits per heavy atom. The number of aromatic amines is 1. The van der Waals surface area contributed by atoms with Crippen LogP contribution >= 0.6 is 0 Å². The molecule has 6 N–H and O–H groups in total. The fourth-order valence-corrected chi connectivity index (χ4v) is 4.06. The highest BCUT2D eigenvalue weighted by Crippen LogP contribution is 2.29. The third kappa shape index (κ3) is 6.71. The summed E-state index contributed by atoms with van der Waals surface area (Å²) in [4.78, 5) is 26.6. The third-order valence-corrected chi connectivity index (χ3v) is 6.04. The van der Waals surface area contributed by atoms with Gasteiger partial charge in [-0.05, 0) is 52.6 Å². The SMILES string of the molecule is NCCCN(Cc1ccc(-c2ccccc2-c2nn[nH]n2)cc1)C(=O)NC(Cc1ccc(O)cc1)C(=O)O. The molecule has 38 heavy (non-hydrogen) atoms. The normalized spacial score (nSPS) is 11.6. The van der Waals surface area contributed by atoms with E-state index in [2.05, 4.69) is 25.9 Å². The zero-order chi connectivity index (χ0) is 26.9. The van der Waals surface area contributed by atoms with Crippen LogP contribution in [0.2, 0.25) is 0 Å². The van der Waals surface area contributed by atoms with Gasteiger partial charge in [0.1, 0.15) is 11.8 Å². The second-order valence-electron chi connectivity index (χ2n) is 8.75. The molecule has 0 aliphatic rings. The summed E-state index contributed by atoms with van der Waals surface area (Å²) in [7, 11) is 0. The van der Waals surface area contributed by atoms with Gasteiger partial charge >= 0.3 is 12.0 Å². The van der Waals surface area contributed by atoms with Crippen LogP contribution in [0.5, 0.6) is 5.75 Å². The Kier molecular flexibility index (Phi) is 8.62. The van der Waals surface area contributed by atoms with Crippen LogP contribution in [-0.2, 0) is 17.8 Å². The Hall–Kier alpha value is -4.77. The Morgan fingerprint density at radius 2 is 1.66 bits per heavy atom. The van der Waals surface area contributed by atoms with Gasteiger partial charge in [-0.25, -0.2) is 9.59 Å². The maximum absolute atomic E-state index is 13.1. The van der Waals surface area contributed by atoms with Crippen LogP contribution in [0.3, 0.4) is 0 Å². The lowest BCUT2D eigenvalue weighted by Gasteiger charge is -2.25. The zero-order valence-electron chi connectivity index (χ0n) is 20.6. The number of hydrogen-bond donors (Lipinski definition) is 5. The molecule has 11 heteroatoms. The lowest BCUT2D eigenvalue weighted by atomic mass is 9.98. The summed E-state index contributed by atoms with van der Waals surface area (Å²) in [5.41, 5.74) is 9.97. The first-order valence-corrected chi connectivity index (χ1v) is 12.1. The number of nitrogens with one attached hydrogen (secondary N) is 2. The van der Waals surface area contributed by atoms with E-state index in [1.807, 2.05) is 48.5 Å². The molecule has 4 rings (SSSR count). The van der Waals surface area contributed by atoms with E-state index in [1.165, 1.54) is 12.1 Å². The summed E-state index contributed by atoms with van der Waals surface area (Å²) in [6, 6.07) is 20.1. The predicted octanol–water partition coefficient (Wildman–Crippen LogP) is 2.80. The number of carboxylic acid groups (broad SMARTS) is 1. The van der Waals surface area contributed by atoms with E-state index >= 15 is 0 Å². The molecular weight excluding hydrogens is 486 g/mol. The molecule has 196 valence electrons. The van der Waals surface area contributed by atoms with Crippen molar-refractivity contribution in [3.05, 3.63) is 83.9 Å². The average Bonchev–Trinajstić information content (AvgIpc) is 3.47. The Labute approximate surface area is 219 Å². The number of phenolic OH excluding ortho intramolecular Hbond substituents is 1. The van der Waals surface area contributed by atoms with Crippen LogP contribution in [0, 0.1) is 0 Å². The monoisotopic (exact) mass is 515 g/mol. The molecule has 1 unspecified atom stereocenters. The number of aliphatic carboxylic acids is 1. The molecule has 0 aliphatic carbocycles. The van der Waals surface area contributed by atoms with Gasteiger partial charge in [0.15, 0.2) is 0 Å². The molecule has 0 bridgehead atoms. The summed E-state index contributed by atoms with van der Waals surface area (Å²) >= 11 is 0. The van der Waals surface area contributed by atoms with Gasteiger partial charge in [0, 0.05) is 25.1 Å². The maximum atomic E-state index is 13.1. The number of carboxylic acids is 1. The van der Waals surface area contributed by atoms with E-state index in [9.17, 15) is 19.8 Å². The number of nitrogens with zero attached hydrogens (tertiary/aromatic N) is 4. The number of nitrogens with two attached hydrogens (primary N) is 1. The smallest absolute Gasteiger partial charge is 0.326 e. The van der Waals surface area contributed by atoms with Crippen LogP contribution in [0.1, 0.15) is 17.5 Å². The summed E-state index contributed by atoms with van der Waals surface area (Å²) in [5, 5.41) is 36.1. The molecule has 0 saturated heterocycles. The van der Waals surface area contributed by atoms with Crippen molar-refractivity contribution in [3.8, 4) is 28.3 Å². The zero-order valence-corrected chi connectivity index (χ0v) is 20.6. The number of H-pyrrole nitrogens is 1. The molecule has 4 aromatic rings. The molecule has 0 aliphatic heterocycles. The topological polar surface area (TPSA) is 170 Å². The van der Waals surface area contributed by atoms with Crippen LogP contribution in [0.25, 0.3) is 22.5 Å². The number of tetrazole rings is 1. The minimum absolute atomic E-state index is 0.0839. The molecule has 3 aromatic carbocycles. The van der Waals surface area contributed by atoms with E-state index in [4.69, 9.17) is 5.73 Å². The third-order valence-electron chi connectivity index (χ3n) is 6.04. The van der Waals surface area contributed by atoms with Gasteiger partial charge in [0.05, 0.1) is 0 Å². The molecule has 1 atom stereocenters. The van der Waals surface area contributed by atoms with Gasteiger partial charge in [0.25, 0.3) is 0 Å². The van der Waals surface area contributed by atoms with Crippen LogP contribution in [-0.4, -0.2) is 66.9 Å². The summed E-state index contributed by atoms with van der Waals surface area (Å²) < 4.78 is 0. The Bertz CT molecular complexity index is 1340. The van der Waals surface area contributed by atoms with Crippen LogP contribution in [0.4, 0.5) is 4.79 Å². The summed E-state index contributed by atoms with van der Waals surface area (Å²) in [5.74, 6) is -0.564. The highest BCUT2D eigenvalue weighted by atomic mass is 16.4. The Morgan fingerprint density at radius 1 is 0.974 bits per heavy atom. The van der Waals surface area contributed by atoms with E-state index in [0.29, 0.717) is 30.9 Å². The van der Waals surface area contributed by atoms with Crippen molar-refractivity contribution in [2.45, 2.75) is 25.4 Å². The highest BCUT2D eigenvalue weighted by Gasteiger charge is 2.24. The first-order valence-electron chi connectivity index (χ1n) is 12.1. The average molecular weight is 516 g/mol. The lowest BCUT2D eigenvalue weighted by Crippen LogP contribution is -2.49. The summed E-state index contributed by atoms with van der Waals surface area (Å²) in [6.07, 6.45) is 0.653. The van der Waals surface area contributed by atoms with E-state index in [-0.39, 0.29) is 18.7 Å². The minimum Gasteiger partial charge on any atom is -0.508 e. The second kappa shape index (κ2) is 12.5. The molecule has 0 radical (unpaired) electrons. The van der Waals surface area contributed by atoms with Crippen molar-refractivity contribution < 1.29 is 19.8 Å². The van der Waals surface area contributed by atoms with Crippen LogP contribution < -0.4 is 11.1 Å². The quantitative estimate of drug-likeness (QED) is 0.203. The standard InChI is InChI=1S/C27H29N7O4/c28-14-3-15-34(27(38)29-24(26(36)37)16-18-8-12-21(35)13-9-18)17-19-6-10-20(11-7-19)22-4-1-2-5-23(22)25-30-32-33-31-25/h1-2,4-13,24,35H,3,14-17,28H2,(H,29,38)(H,36,37)(H,30,31,32,33). The van der Waals surface area contributed by atoms with Crippen molar-refractivity contribution in [3.63, 3.8) is 0 Å². The maximum Gasteiger partial charge on any atom is 0.326 e. The number of phenols is 1. The van der Waals surface area contributed by atoms with Crippen molar-refractivity contribution in [2.24, 2.45) is 5.73 Å². The molecule has 2 amide bonds. The number of urea groups is 1. The number of hydrogen-bond acceptors (Lipinski definition) is 7. The van der Waals surface area contributed by atoms with Crippen molar-refractivity contribution in [1.29, 1.82) is 0 Å².